The average molecular weight is 288 g/mol. The predicted octanol–water partition coefficient (Wildman–Crippen LogP) is 4.22. The van der Waals surface area contributed by atoms with Crippen molar-refractivity contribution in [2.24, 2.45) is 17.8 Å². The molecule has 1 aliphatic heterocycles. The largest absolute Gasteiger partial charge is 0.371 e. The van der Waals surface area contributed by atoms with Crippen molar-refractivity contribution < 1.29 is 0 Å². The van der Waals surface area contributed by atoms with Crippen LogP contribution in [-0.2, 0) is 6.54 Å². The van der Waals surface area contributed by atoms with E-state index in [1.54, 1.807) is 0 Å². The molecule has 1 fully saturated rings. The third-order valence-electron chi connectivity index (χ3n) is 4.73. The lowest BCUT2D eigenvalue weighted by molar-refractivity contribution is 0.423. The first-order valence-corrected chi connectivity index (χ1v) is 8.52. The van der Waals surface area contributed by atoms with Crippen molar-refractivity contribution in [1.82, 2.24) is 5.32 Å². The van der Waals surface area contributed by atoms with Crippen LogP contribution >= 0.6 is 0 Å². The normalized spacial score (nSPS) is 19.0. The van der Waals surface area contributed by atoms with E-state index in [-0.39, 0.29) is 0 Å². The Bertz CT molecular complexity index is 451. The van der Waals surface area contributed by atoms with Gasteiger partial charge < -0.3 is 10.2 Å². The first kappa shape index (κ1) is 16.4. The van der Waals surface area contributed by atoms with Gasteiger partial charge in [-0.25, -0.2) is 0 Å². The van der Waals surface area contributed by atoms with Crippen LogP contribution in [0.5, 0.6) is 0 Å². The van der Waals surface area contributed by atoms with Gasteiger partial charge in [0.2, 0.25) is 0 Å². The van der Waals surface area contributed by atoms with Crippen molar-refractivity contribution in [3.05, 3.63) is 29.3 Å². The van der Waals surface area contributed by atoms with E-state index < -0.39 is 0 Å². The summed E-state index contributed by atoms with van der Waals surface area (Å²) in [6.07, 6.45) is 1.34. The van der Waals surface area contributed by atoms with Gasteiger partial charge in [-0.1, -0.05) is 33.8 Å². The van der Waals surface area contributed by atoms with E-state index in [9.17, 15) is 0 Å². The van der Waals surface area contributed by atoms with E-state index in [4.69, 9.17) is 0 Å². The summed E-state index contributed by atoms with van der Waals surface area (Å²) in [5.74, 6) is 2.37. The highest BCUT2D eigenvalue weighted by Gasteiger charge is 2.25. The van der Waals surface area contributed by atoms with Crippen LogP contribution in [-0.4, -0.2) is 19.6 Å². The molecule has 0 saturated carbocycles. The summed E-state index contributed by atoms with van der Waals surface area (Å²) < 4.78 is 0. The van der Waals surface area contributed by atoms with Crippen LogP contribution in [0.1, 0.15) is 45.2 Å². The smallest absolute Gasteiger partial charge is 0.0369 e. The lowest BCUT2D eigenvalue weighted by Gasteiger charge is -2.21. The summed E-state index contributed by atoms with van der Waals surface area (Å²) >= 11 is 0. The summed E-state index contributed by atoms with van der Waals surface area (Å²) in [5, 5.41) is 3.54. The molecule has 0 aliphatic carbocycles. The summed E-state index contributed by atoms with van der Waals surface area (Å²) in [6, 6.07) is 6.98. The first-order chi connectivity index (χ1) is 9.97. The van der Waals surface area contributed by atoms with E-state index in [1.165, 1.54) is 36.3 Å². The van der Waals surface area contributed by atoms with Gasteiger partial charge in [0.05, 0.1) is 0 Å². The van der Waals surface area contributed by atoms with Crippen molar-refractivity contribution in [2.45, 2.75) is 47.6 Å². The second kappa shape index (κ2) is 7.31. The van der Waals surface area contributed by atoms with Gasteiger partial charge in [-0.3, -0.25) is 0 Å². The van der Waals surface area contributed by atoms with Crippen LogP contribution in [0, 0.1) is 24.7 Å². The Hall–Kier alpha value is -1.02. The van der Waals surface area contributed by atoms with Crippen LogP contribution in [0.2, 0.25) is 0 Å². The Morgan fingerprint density at radius 3 is 2.57 bits per heavy atom. The number of benzene rings is 1. The van der Waals surface area contributed by atoms with Crippen LogP contribution in [0.4, 0.5) is 5.69 Å². The lowest BCUT2D eigenvalue weighted by atomic mass is 9.95. The van der Waals surface area contributed by atoms with Gasteiger partial charge in [0.15, 0.2) is 0 Å². The fourth-order valence-corrected chi connectivity index (χ4v) is 3.14. The summed E-state index contributed by atoms with van der Waals surface area (Å²) in [5.41, 5.74) is 4.25. The highest BCUT2D eigenvalue weighted by atomic mass is 15.1. The molecule has 2 nitrogen and oxygen atoms in total. The first-order valence-electron chi connectivity index (χ1n) is 8.52. The summed E-state index contributed by atoms with van der Waals surface area (Å²) in [6.45, 7) is 16.0. The molecule has 2 heteroatoms. The SMILES string of the molecule is Cc1cc(N2CCC(C(C)C)C2)ccc1CNCC(C)C. The minimum atomic E-state index is 0.710. The highest BCUT2D eigenvalue weighted by Crippen LogP contribution is 2.29. The number of hydrogen-bond donors (Lipinski definition) is 1. The van der Waals surface area contributed by atoms with Gasteiger partial charge in [-0.05, 0) is 60.9 Å². The Labute approximate surface area is 130 Å². The van der Waals surface area contributed by atoms with Crippen molar-refractivity contribution in [2.75, 3.05) is 24.5 Å². The van der Waals surface area contributed by atoms with E-state index >= 15 is 0 Å². The molecule has 1 aromatic carbocycles. The van der Waals surface area contributed by atoms with Crippen LogP contribution in [0.15, 0.2) is 18.2 Å². The molecule has 1 aromatic rings. The maximum absolute atomic E-state index is 3.54. The molecule has 0 radical (unpaired) electrons. The standard InChI is InChI=1S/C19H32N2/c1-14(2)11-20-12-17-6-7-19(10-16(17)5)21-9-8-18(13-21)15(3)4/h6-7,10,14-15,18,20H,8-9,11-13H2,1-5H3. The van der Waals surface area contributed by atoms with Crippen molar-refractivity contribution >= 4 is 5.69 Å². The zero-order chi connectivity index (χ0) is 15.4. The third kappa shape index (κ3) is 4.47. The average Bonchev–Trinajstić information content (AvgIpc) is 2.90. The molecule has 21 heavy (non-hydrogen) atoms. The highest BCUT2D eigenvalue weighted by molar-refractivity contribution is 5.51. The molecule has 0 amide bonds. The van der Waals surface area contributed by atoms with Crippen molar-refractivity contribution in [1.29, 1.82) is 0 Å². The molecule has 0 aromatic heterocycles. The number of aryl methyl sites for hydroxylation is 1. The lowest BCUT2D eigenvalue weighted by Crippen LogP contribution is -2.22. The van der Waals surface area contributed by atoms with Gasteiger partial charge >= 0.3 is 0 Å². The fraction of sp³-hybridized carbons (Fsp3) is 0.684. The molecule has 1 saturated heterocycles. The summed E-state index contributed by atoms with van der Waals surface area (Å²) in [4.78, 5) is 2.56. The molecule has 1 N–H and O–H groups in total. The molecule has 0 bridgehead atoms. The molecule has 1 heterocycles. The Morgan fingerprint density at radius 2 is 2.00 bits per heavy atom. The third-order valence-corrected chi connectivity index (χ3v) is 4.73. The van der Waals surface area contributed by atoms with Gasteiger partial charge in [0, 0.05) is 25.3 Å². The van der Waals surface area contributed by atoms with Crippen LogP contribution in [0.25, 0.3) is 0 Å². The number of nitrogens with one attached hydrogen (secondary N) is 1. The van der Waals surface area contributed by atoms with Gasteiger partial charge in [0.25, 0.3) is 0 Å². The zero-order valence-electron chi connectivity index (χ0n) is 14.4. The van der Waals surface area contributed by atoms with E-state index in [0.29, 0.717) is 5.92 Å². The van der Waals surface area contributed by atoms with E-state index in [1.807, 2.05) is 0 Å². The van der Waals surface area contributed by atoms with Crippen molar-refractivity contribution in [3.63, 3.8) is 0 Å². The van der Waals surface area contributed by atoms with Crippen LogP contribution in [0.3, 0.4) is 0 Å². The molecule has 2 rings (SSSR count). The van der Waals surface area contributed by atoms with Gasteiger partial charge in [0.1, 0.15) is 0 Å². The number of nitrogens with zero attached hydrogens (tertiary/aromatic N) is 1. The van der Waals surface area contributed by atoms with E-state index in [2.05, 4.69) is 63.0 Å². The molecular weight excluding hydrogens is 256 g/mol. The number of anilines is 1. The maximum Gasteiger partial charge on any atom is 0.0369 e. The Balaban J connectivity index is 1.96. The monoisotopic (exact) mass is 288 g/mol. The van der Waals surface area contributed by atoms with Crippen molar-refractivity contribution in [3.8, 4) is 0 Å². The maximum atomic E-state index is 3.54. The number of hydrogen-bond acceptors (Lipinski definition) is 2. The molecular formula is C19H32N2. The predicted molar refractivity (Wildman–Crippen MR) is 92.9 cm³/mol. The second-order valence-corrected chi connectivity index (χ2v) is 7.37. The Kier molecular flexibility index (Phi) is 5.69. The van der Waals surface area contributed by atoms with E-state index in [0.717, 1.165) is 24.9 Å². The molecule has 1 aliphatic rings. The number of rotatable bonds is 6. The van der Waals surface area contributed by atoms with Gasteiger partial charge in [-0.15, -0.1) is 0 Å². The minimum absolute atomic E-state index is 0.710. The minimum Gasteiger partial charge on any atom is -0.371 e. The molecule has 1 unspecified atom stereocenters. The second-order valence-electron chi connectivity index (χ2n) is 7.37. The molecule has 1 atom stereocenters. The molecule has 0 spiro atoms. The van der Waals surface area contributed by atoms with Crippen LogP contribution < -0.4 is 10.2 Å². The summed E-state index contributed by atoms with van der Waals surface area (Å²) in [7, 11) is 0. The zero-order valence-corrected chi connectivity index (χ0v) is 14.4. The van der Waals surface area contributed by atoms with Gasteiger partial charge in [-0.2, -0.15) is 0 Å². The fourth-order valence-electron chi connectivity index (χ4n) is 3.14. The topological polar surface area (TPSA) is 15.3 Å². The quantitative estimate of drug-likeness (QED) is 0.843. The molecule has 118 valence electrons. The Morgan fingerprint density at radius 1 is 1.24 bits per heavy atom.